The lowest BCUT2D eigenvalue weighted by atomic mass is 9.89. The van der Waals surface area contributed by atoms with Gasteiger partial charge in [-0.25, -0.2) is 0 Å². The molecule has 0 bridgehead atoms. The minimum atomic E-state index is -0.195. The van der Waals surface area contributed by atoms with Gasteiger partial charge in [-0.05, 0) is 18.2 Å². The Morgan fingerprint density at radius 3 is 2.74 bits per heavy atom. The Balaban J connectivity index is 1.64. The zero-order valence-electron chi connectivity index (χ0n) is 12.4. The van der Waals surface area contributed by atoms with Gasteiger partial charge in [0.2, 0.25) is 18.3 Å². The molecule has 0 saturated carbocycles. The van der Waals surface area contributed by atoms with Gasteiger partial charge >= 0.3 is 0 Å². The molecule has 0 amide bonds. The molecular formula is C17H14O6. The van der Waals surface area contributed by atoms with Crippen molar-refractivity contribution >= 4 is 0 Å². The maximum Gasteiger partial charge on any atom is 0.231 e. The number of benzene rings is 2. The highest BCUT2D eigenvalue weighted by molar-refractivity contribution is 5.63. The van der Waals surface area contributed by atoms with Gasteiger partial charge in [-0.3, -0.25) is 0 Å². The summed E-state index contributed by atoms with van der Waals surface area (Å²) < 4.78 is 28.3. The third kappa shape index (κ3) is 1.58. The summed E-state index contributed by atoms with van der Waals surface area (Å²) in [5.74, 6) is 3.06. The zero-order chi connectivity index (χ0) is 15.6. The van der Waals surface area contributed by atoms with E-state index in [0.717, 1.165) is 11.1 Å². The van der Waals surface area contributed by atoms with E-state index in [2.05, 4.69) is 0 Å². The minimum absolute atomic E-state index is 0.0485. The van der Waals surface area contributed by atoms with Gasteiger partial charge in [0.25, 0.3) is 0 Å². The molecule has 0 fully saturated rings. The quantitative estimate of drug-likeness (QED) is 0.873. The molecule has 1 N–H and O–H groups in total. The average molecular weight is 314 g/mol. The summed E-state index contributed by atoms with van der Waals surface area (Å²) in [6.07, 6.45) is -0.195. The van der Waals surface area contributed by atoms with Crippen molar-refractivity contribution in [2.24, 2.45) is 0 Å². The van der Waals surface area contributed by atoms with Crippen LogP contribution in [0.1, 0.15) is 23.1 Å². The molecule has 3 aliphatic rings. The molecule has 5 rings (SSSR count). The molecule has 2 aromatic rings. The van der Waals surface area contributed by atoms with Crippen molar-refractivity contribution in [3.05, 3.63) is 35.4 Å². The van der Waals surface area contributed by atoms with Gasteiger partial charge in [0.1, 0.15) is 6.10 Å². The summed E-state index contributed by atoms with van der Waals surface area (Å²) in [5.41, 5.74) is 1.90. The van der Waals surface area contributed by atoms with Crippen molar-refractivity contribution in [3.63, 3.8) is 0 Å². The van der Waals surface area contributed by atoms with Gasteiger partial charge in [0, 0.05) is 11.1 Å². The van der Waals surface area contributed by atoms with Crippen LogP contribution in [-0.4, -0.2) is 25.6 Å². The molecular weight excluding hydrogens is 300 g/mol. The van der Waals surface area contributed by atoms with E-state index < -0.39 is 0 Å². The van der Waals surface area contributed by atoms with E-state index in [0.29, 0.717) is 35.4 Å². The summed E-state index contributed by atoms with van der Waals surface area (Å²) in [4.78, 5) is 0. The van der Waals surface area contributed by atoms with E-state index in [1.807, 2.05) is 18.2 Å². The predicted octanol–water partition coefficient (Wildman–Crippen LogP) is 2.74. The van der Waals surface area contributed by atoms with Gasteiger partial charge in [0.15, 0.2) is 23.0 Å². The van der Waals surface area contributed by atoms with Crippen LogP contribution in [0.5, 0.6) is 34.5 Å². The summed E-state index contributed by atoms with van der Waals surface area (Å²) in [7, 11) is 1.52. The third-order valence-electron chi connectivity index (χ3n) is 4.57. The Labute approximate surface area is 132 Å². The lowest BCUT2D eigenvalue weighted by Gasteiger charge is -2.28. The van der Waals surface area contributed by atoms with E-state index in [1.54, 1.807) is 6.07 Å². The van der Waals surface area contributed by atoms with E-state index in [4.69, 9.17) is 23.7 Å². The topological polar surface area (TPSA) is 66.4 Å². The maximum absolute atomic E-state index is 9.96. The number of rotatable bonds is 1. The van der Waals surface area contributed by atoms with Gasteiger partial charge in [-0.15, -0.1) is 0 Å². The molecule has 23 heavy (non-hydrogen) atoms. The molecule has 0 unspecified atom stereocenters. The van der Waals surface area contributed by atoms with E-state index in [-0.39, 0.29) is 24.6 Å². The molecule has 2 aromatic carbocycles. The smallest absolute Gasteiger partial charge is 0.231 e. The number of ether oxygens (including phenoxy) is 5. The van der Waals surface area contributed by atoms with Crippen LogP contribution in [0.2, 0.25) is 0 Å². The molecule has 0 radical (unpaired) electrons. The zero-order valence-corrected chi connectivity index (χ0v) is 12.4. The van der Waals surface area contributed by atoms with Crippen LogP contribution in [0.4, 0.5) is 0 Å². The Kier molecular flexibility index (Phi) is 2.43. The van der Waals surface area contributed by atoms with Crippen LogP contribution in [0.15, 0.2) is 24.3 Å². The molecule has 2 atom stereocenters. The number of hydrogen-bond donors (Lipinski definition) is 1. The number of fused-ring (bicyclic) bond motifs is 7. The van der Waals surface area contributed by atoms with Crippen LogP contribution in [-0.2, 0) is 0 Å². The van der Waals surface area contributed by atoms with Crippen LogP contribution >= 0.6 is 0 Å². The van der Waals surface area contributed by atoms with Crippen molar-refractivity contribution in [3.8, 4) is 34.5 Å². The Morgan fingerprint density at radius 1 is 1.00 bits per heavy atom. The van der Waals surface area contributed by atoms with Crippen molar-refractivity contribution < 1.29 is 28.8 Å². The number of phenols is 1. The van der Waals surface area contributed by atoms with Crippen molar-refractivity contribution in [2.45, 2.75) is 12.0 Å². The van der Waals surface area contributed by atoms with E-state index in [1.165, 1.54) is 7.11 Å². The number of hydrogen-bond acceptors (Lipinski definition) is 6. The molecule has 3 heterocycles. The SMILES string of the molecule is COc1c(O)ccc2c1O[C@@H]1c3ccc4c(c3OC[C@H]21)OCO4. The first kappa shape index (κ1) is 12.8. The second kappa shape index (κ2) is 4.38. The standard InChI is InChI=1S/C17H14O6/c1-19-16-11(18)4-2-8-10-6-20-14-9(13(10)23-15(8)16)3-5-12-17(14)22-7-21-12/h2-5,10,13,18H,6-7H2,1H3/t10-,13-/m1/s1. The number of phenolic OH excluding ortho intramolecular Hbond substituents is 1. The van der Waals surface area contributed by atoms with Gasteiger partial charge in [-0.1, -0.05) is 6.07 Å². The Bertz CT molecular complexity index is 815. The van der Waals surface area contributed by atoms with Crippen LogP contribution in [0, 0.1) is 0 Å². The average Bonchev–Trinajstić information content (AvgIpc) is 3.18. The van der Waals surface area contributed by atoms with Gasteiger partial charge < -0.3 is 28.8 Å². The summed E-state index contributed by atoms with van der Waals surface area (Å²) >= 11 is 0. The van der Waals surface area contributed by atoms with Crippen LogP contribution < -0.4 is 23.7 Å². The van der Waals surface area contributed by atoms with E-state index in [9.17, 15) is 5.11 Å². The van der Waals surface area contributed by atoms with Gasteiger partial charge in [-0.2, -0.15) is 0 Å². The molecule has 118 valence electrons. The fraction of sp³-hybridized carbons (Fsp3) is 0.294. The van der Waals surface area contributed by atoms with Crippen molar-refractivity contribution in [1.82, 2.24) is 0 Å². The molecule has 0 saturated heterocycles. The first-order valence-corrected chi connectivity index (χ1v) is 7.39. The lowest BCUT2D eigenvalue weighted by Crippen LogP contribution is -2.23. The van der Waals surface area contributed by atoms with Crippen LogP contribution in [0.25, 0.3) is 0 Å². The summed E-state index contributed by atoms with van der Waals surface area (Å²) in [5, 5.41) is 9.96. The fourth-order valence-corrected chi connectivity index (χ4v) is 3.52. The molecule has 6 nitrogen and oxygen atoms in total. The monoisotopic (exact) mass is 314 g/mol. The highest BCUT2D eigenvalue weighted by Gasteiger charge is 2.44. The maximum atomic E-state index is 9.96. The Hall–Kier alpha value is -2.76. The number of aromatic hydroxyl groups is 1. The minimum Gasteiger partial charge on any atom is -0.504 e. The second-order valence-electron chi connectivity index (χ2n) is 5.71. The summed E-state index contributed by atoms with van der Waals surface area (Å²) in [6, 6.07) is 7.30. The number of methoxy groups -OCH3 is 1. The molecule has 0 spiro atoms. The normalized spacial score (nSPS) is 22.5. The first-order chi connectivity index (χ1) is 11.3. The second-order valence-corrected chi connectivity index (χ2v) is 5.71. The first-order valence-electron chi connectivity index (χ1n) is 7.39. The van der Waals surface area contributed by atoms with Gasteiger partial charge in [0.05, 0.1) is 19.6 Å². The summed E-state index contributed by atoms with van der Waals surface area (Å²) in [6.45, 7) is 0.671. The fourth-order valence-electron chi connectivity index (χ4n) is 3.52. The predicted molar refractivity (Wildman–Crippen MR) is 78.8 cm³/mol. The van der Waals surface area contributed by atoms with Crippen molar-refractivity contribution in [1.29, 1.82) is 0 Å². The highest BCUT2D eigenvalue weighted by Crippen LogP contribution is 2.58. The largest absolute Gasteiger partial charge is 0.504 e. The molecule has 0 aliphatic carbocycles. The molecule has 3 aliphatic heterocycles. The Morgan fingerprint density at radius 2 is 1.87 bits per heavy atom. The third-order valence-corrected chi connectivity index (χ3v) is 4.57. The van der Waals surface area contributed by atoms with E-state index >= 15 is 0 Å². The highest BCUT2D eigenvalue weighted by atomic mass is 16.7. The lowest BCUT2D eigenvalue weighted by molar-refractivity contribution is 0.129. The molecule has 0 aromatic heterocycles. The van der Waals surface area contributed by atoms with Crippen LogP contribution in [0.3, 0.4) is 0 Å². The van der Waals surface area contributed by atoms with Crippen molar-refractivity contribution in [2.75, 3.05) is 20.5 Å². The molecule has 6 heteroatoms.